The highest BCUT2D eigenvalue weighted by Gasteiger charge is 2.28. The summed E-state index contributed by atoms with van der Waals surface area (Å²) in [5.41, 5.74) is 0.145. The average Bonchev–Trinajstić information content (AvgIpc) is 2.14. The Hall–Kier alpha value is -0.320. The minimum absolute atomic E-state index is 0.145. The third-order valence-electron chi connectivity index (χ3n) is 2.36. The van der Waals surface area contributed by atoms with Crippen LogP contribution in [0.15, 0.2) is 4.99 Å². The van der Waals surface area contributed by atoms with Gasteiger partial charge in [-0.3, -0.25) is 4.99 Å². The van der Waals surface area contributed by atoms with E-state index in [4.69, 9.17) is 0 Å². The molecule has 0 amide bonds. The van der Waals surface area contributed by atoms with Crippen LogP contribution in [0.1, 0.15) is 27.2 Å². The van der Waals surface area contributed by atoms with E-state index in [0.717, 1.165) is 12.2 Å². The van der Waals surface area contributed by atoms with E-state index in [2.05, 4.69) is 31.1 Å². The molecule has 1 unspecified atom stereocenters. The summed E-state index contributed by atoms with van der Waals surface area (Å²) in [6, 6.07) is 0.329. The van der Waals surface area contributed by atoms with Gasteiger partial charge in [0, 0.05) is 11.8 Å². The van der Waals surface area contributed by atoms with Crippen LogP contribution in [0, 0.1) is 5.41 Å². The first kappa shape index (κ1) is 12.7. The SMILES string of the molecule is CC(C)(C)C1CCSC(=NCC(F)F)N1. The molecule has 0 aromatic rings. The Morgan fingerprint density at radius 3 is 2.73 bits per heavy atom. The van der Waals surface area contributed by atoms with Crippen molar-refractivity contribution in [3.8, 4) is 0 Å². The number of amidine groups is 1. The summed E-state index contributed by atoms with van der Waals surface area (Å²) in [6.45, 7) is 6.04. The summed E-state index contributed by atoms with van der Waals surface area (Å²) in [5.74, 6) is 0.955. The summed E-state index contributed by atoms with van der Waals surface area (Å²) in [4.78, 5) is 3.86. The van der Waals surface area contributed by atoms with Crippen LogP contribution in [0.4, 0.5) is 8.78 Å². The van der Waals surface area contributed by atoms with E-state index in [9.17, 15) is 8.78 Å². The Labute approximate surface area is 93.9 Å². The van der Waals surface area contributed by atoms with E-state index in [0.29, 0.717) is 11.2 Å². The first-order valence-electron chi connectivity index (χ1n) is 5.11. The maximum atomic E-state index is 12.0. The molecule has 0 aromatic carbocycles. The van der Waals surface area contributed by atoms with Crippen LogP contribution < -0.4 is 5.32 Å². The highest BCUT2D eigenvalue weighted by Crippen LogP contribution is 2.27. The number of rotatable bonds is 2. The smallest absolute Gasteiger partial charge is 0.257 e. The topological polar surface area (TPSA) is 24.4 Å². The van der Waals surface area contributed by atoms with E-state index in [1.807, 2.05) is 0 Å². The van der Waals surface area contributed by atoms with Crippen LogP contribution in [0.3, 0.4) is 0 Å². The summed E-state index contributed by atoms with van der Waals surface area (Å²) in [6.07, 6.45) is -1.29. The molecule has 0 spiro atoms. The summed E-state index contributed by atoms with van der Waals surface area (Å²) in [7, 11) is 0. The molecule has 0 saturated carbocycles. The van der Waals surface area contributed by atoms with Crippen LogP contribution in [0.5, 0.6) is 0 Å². The molecule has 0 aliphatic carbocycles. The maximum Gasteiger partial charge on any atom is 0.257 e. The van der Waals surface area contributed by atoms with Gasteiger partial charge in [-0.2, -0.15) is 0 Å². The molecule has 1 fully saturated rings. The molecule has 0 bridgehead atoms. The number of hydrogen-bond donors (Lipinski definition) is 1. The molecule has 2 nitrogen and oxygen atoms in total. The number of thioether (sulfide) groups is 1. The van der Waals surface area contributed by atoms with Gasteiger partial charge < -0.3 is 5.32 Å². The van der Waals surface area contributed by atoms with Gasteiger partial charge in [0.1, 0.15) is 6.54 Å². The lowest BCUT2D eigenvalue weighted by atomic mass is 9.85. The van der Waals surface area contributed by atoms with E-state index < -0.39 is 13.0 Å². The molecule has 0 radical (unpaired) electrons. The Bertz CT molecular complexity index is 236. The van der Waals surface area contributed by atoms with Gasteiger partial charge in [-0.05, 0) is 11.8 Å². The predicted molar refractivity (Wildman–Crippen MR) is 61.8 cm³/mol. The minimum atomic E-state index is -2.35. The van der Waals surface area contributed by atoms with Crippen LogP contribution >= 0.6 is 11.8 Å². The number of aliphatic imine (C=N–C) groups is 1. The van der Waals surface area contributed by atoms with Crippen LogP contribution in [-0.4, -0.2) is 29.9 Å². The van der Waals surface area contributed by atoms with Crippen LogP contribution in [0.25, 0.3) is 0 Å². The third kappa shape index (κ3) is 4.36. The van der Waals surface area contributed by atoms with Crippen molar-refractivity contribution in [2.24, 2.45) is 10.4 Å². The van der Waals surface area contributed by atoms with E-state index in [-0.39, 0.29) is 5.41 Å². The van der Waals surface area contributed by atoms with Crippen molar-refractivity contribution < 1.29 is 8.78 Å². The predicted octanol–water partition coefficient (Wildman–Crippen LogP) is 2.75. The number of halogens is 2. The molecular weight excluding hydrogens is 218 g/mol. The van der Waals surface area contributed by atoms with Gasteiger partial charge >= 0.3 is 0 Å². The van der Waals surface area contributed by atoms with Crippen molar-refractivity contribution in [2.75, 3.05) is 12.3 Å². The number of nitrogens with zero attached hydrogens (tertiary/aromatic N) is 1. The number of hydrogen-bond acceptors (Lipinski definition) is 2. The summed E-state index contributed by atoms with van der Waals surface area (Å²) in [5, 5.41) is 3.90. The van der Waals surface area contributed by atoms with E-state index in [1.54, 1.807) is 0 Å². The van der Waals surface area contributed by atoms with E-state index in [1.165, 1.54) is 11.8 Å². The molecular formula is C10H18F2N2S. The van der Waals surface area contributed by atoms with Gasteiger partial charge in [0.05, 0.1) is 0 Å². The van der Waals surface area contributed by atoms with Gasteiger partial charge in [0.2, 0.25) is 0 Å². The second-order valence-electron chi connectivity index (χ2n) is 4.74. The molecule has 5 heteroatoms. The molecule has 0 aromatic heterocycles. The quantitative estimate of drug-likeness (QED) is 0.797. The second-order valence-corrected chi connectivity index (χ2v) is 5.82. The first-order valence-corrected chi connectivity index (χ1v) is 6.10. The highest BCUT2D eigenvalue weighted by atomic mass is 32.2. The van der Waals surface area contributed by atoms with Crippen LogP contribution in [-0.2, 0) is 0 Å². The van der Waals surface area contributed by atoms with Gasteiger partial charge in [-0.1, -0.05) is 32.5 Å². The lowest BCUT2D eigenvalue weighted by Crippen LogP contribution is -2.46. The van der Waals surface area contributed by atoms with Gasteiger partial charge in [-0.15, -0.1) is 0 Å². The fourth-order valence-electron chi connectivity index (χ4n) is 1.43. The maximum absolute atomic E-state index is 12.0. The monoisotopic (exact) mass is 236 g/mol. The van der Waals surface area contributed by atoms with Crippen molar-refractivity contribution in [3.05, 3.63) is 0 Å². The molecule has 88 valence electrons. The summed E-state index contributed by atoms with van der Waals surface area (Å²) < 4.78 is 24.0. The zero-order valence-corrected chi connectivity index (χ0v) is 10.2. The largest absolute Gasteiger partial charge is 0.362 e. The molecule has 1 aliphatic heterocycles. The fraction of sp³-hybridized carbons (Fsp3) is 0.900. The number of alkyl halides is 2. The normalized spacial score (nSPS) is 25.7. The molecule has 15 heavy (non-hydrogen) atoms. The fourth-order valence-corrected chi connectivity index (χ4v) is 2.37. The molecule has 1 N–H and O–H groups in total. The minimum Gasteiger partial charge on any atom is -0.362 e. The van der Waals surface area contributed by atoms with Crippen LogP contribution in [0.2, 0.25) is 0 Å². The van der Waals surface area contributed by atoms with Crippen molar-refractivity contribution in [1.29, 1.82) is 0 Å². The molecule has 1 heterocycles. The third-order valence-corrected chi connectivity index (χ3v) is 3.32. The molecule has 1 atom stereocenters. The van der Waals surface area contributed by atoms with Gasteiger partial charge in [0.25, 0.3) is 6.43 Å². The standard InChI is InChI=1S/C10H18F2N2S/c1-10(2,3)7-4-5-15-9(14-7)13-6-8(11)12/h7-8H,4-6H2,1-3H3,(H,13,14). The molecule has 1 saturated heterocycles. The Morgan fingerprint density at radius 2 is 2.20 bits per heavy atom. The van der Waals surface area contributed by atoms with Crippen molar-refractivity contribution in [3.63, 3.8) is 0 Å². The molecule has 1 rings (SSSR count). The van der Waals surface area contributed by atoms with E-state index >= 15 is 0 Å². The zero-order chi connectivity index (χ0) is 11.5. The summed E-state index contributed by atoms with van der Waals surface area (Å²) >= 11 is 1.53. The first-order chi connectivity index (χ1) is 6.89. The number of nitrogens with one attached hydrogen (secondary N) is 1. The van der Waals surface area contributed by atoms with Crippen molar-refractivity contribution >= 4 is 16.9 Å². The Balaban J connectivity index is 2.52. The van der Waals surface area contributed by atoms with Gasteiger partial charge in [-0.25, -0.2) is 8.78 Å². The van der Waals surface area contributed by atoms with Gasteiger partial charge in [0.15, 0.2) is 5.17 Å². The van der Waals surface area contributed by atoms with Crippen molar-refractivity contribution in [1.82, 2.24) is 5.32 Å². The average molecular weight is 236 g/mol. The zero-order valence-electron chi connectivity index (χ0n) is 9.39. The highest BCUT2D eigenvalue weighted by molar-refractivity contribution is 8.13. The Kier molecular flexibility index (Phi) is 4.37. The Morgan fingerprint density at radius 1 is 1.53 bits per heavy atom. The van der Waals surface area contributed by atoms with Crippen molar-refractivity contribution in [2.45, 2.75) is 39.7 Å². The lowest BCUT2D eigenvalue weighted by Gasteiger charge is -2.35. The lowest BCUT2D eigenvalue weighted by molar-refractivity contribution is 0.158. The second kappa shape index (κ2) is 5.14. The molecule has 1 aliphatic rings.